The highest BCUT2D eigenvalue weighted by Gasteiger charge is 2.34. The Hall–Kier alpha value is -3.22. The van der Waals surface area contributed by atoms with Crippen LogP contribution in [0.2, 0.25) is 0 Å². The number of hydrogen-bond acceptors (Lipinski definition) is 5. The summed E-state index contributed by atoms with van der Waals surface area (Å²) in [6.45, 7) is 2.56. The van der Waals surface area contributed by atoms with E-state index in [1.807, 2.05) is 36.4 Å². The van der Waals surface area contributed by atoms with Crippen molar-refractivity contribution >= 4 is 17.7 Å². The number of esters is 1. The van der Waals surface area contributed by atoms with Crippen LogP contribution in [0.15, 0.2) is 36.4 Å². The number of rotatable bonds is 6. The third-order valence-corrected chi connectivity index (χ3v) is 5.46. The molecule has 2 aromatic rings. The number of nitrogens with zero attached hydrogens (tertiary/aromatic N) is 1. The van der Waals surface area contributed by atoms with Gasteiger partial charge < -0.3 is 24.4 Å². The number of amides is 2. The lowest BCUT2D eigenvalue weighted by Gasteiger charge is -2.37. The van der Waals surface area contributed by atoms with E-state index in [0.717, 1.165) is 17.5 Å². The highest BCUT2D eigenvalue weighted by molar-refractivity contribution is 5.90. The monoisotopic (exact) mass is 412 g/mol. The van der Waals surface area contributed by atoms with Crippen molar-refractivity contribution in [3.8, 4) is 11.5 Å². The number of carbonyl (C=O) groups excluding carboxylic acids is 2. The van der Waals surface area contributed by atoms with Gasteiger partial charge in [0.05, 0.1) is 33.8 Å². The predicted octanol–water partition coefficient (Wildman–Crippen LogP) is 3.96. The summed E-state index contributed by atoms with van der Waals surface area (Å²) < 4.78 is 15.7. The summed E-state index contributed by atoms with van der Waals surface area (Å²) in [5, 5.41) is 2.95. The third kappa shape index (κ3) is 4.50. The van der Waals surface area contributed by atoms with Gasteiger partial charge in [0, 0.05) is 12.2 Å². The Bertz CT molecular complexity index is 911. The van der Waals surface area contributed by atoms with Crippen LogP contribution in [0.3, 0.4) is 0 Å². The van der Waals surface area contributed by atoms with E-state index in [1.165, 1.54) is 12.7 Å². The Morgan fingerprint density at radius 1 is 1.07 bits per heavy atom. The fourth-order valence-corrected chi connectivity index (χ4v) is 3.75. The molecule has 0 saturated heterocycles. The van der Waals surface area contributed by atoms with Crippen molar-refractivity contribution in [2.24, 2.45) is 0 Å². The van der Waals surface area contributed by atoms with Gasteiger partial charge in [-0.3, -0.25) is 4.79 Å². The minimum absolute atomic E-state index is 0.0567. The van der Waals surface area contributed by atoms with E-state index < -0.39 is 6.04 Å². The van der Waals surface area contributed by atoms with Crippen LogP contribution in [-0.4, -0.2) is 44.8 Å². The Balaban J connectivity index is 1.91. The van der Waals surface area contributed by atoms with Gasteiger partial charge in [0.25, 0.3) is 0 Å². The molecule has 1 heterocycles. The van der Waals surface area contributed by atoms with Gasteiger partial charge in [-0.05, 0) is 53.8 Å². The molecule has 1 aliphatic rings. The molecule has 1 aliphatic heterocycles. The molecule has 3 rings (SSSR count). The highest BCUT2D eigenvalue weighted by atomic mass is 16.5. The normalized spacial score (nSPS) is 15.2. The minimum Gasteiger partial charge on any atom is -0.493 e. The zero-order valence-electron chi connectivity index (χ0n) is 17.9. The molecule has 2 amide bonds. The molecule has 30 heavy (non-hydrogen) atoms. The lowest BCUT2D eigenvalue weighted by Crippen LogP contribution is -2.43. The molecule has 0 aliphatic carbocycles. The van der Waals surface area contributed by atoms with Crippen molar-refractivity contribution in [3.63, 3.8) is 0 Å². The van der Waals surface area contributed by atoms with Crippen LogP contribution in [0, 0.1) is 0 Å². The Labute approximate surface area is 176 Å². The van der Waals surface area contributed by atoms with Gasteiger partial charge in [0.1, 0.15) is 0 Å². The number of anilines is 1. The summed E-state index contributed by atoms with van der Waals surface area (Å²) >= 11 is 0. The number of nitrogens with one attached hydrogen (secondary N) is 1. The second-order valence-corrected chi connectivity index (χ2v) is 7.13. The molecule has 0 radical (unpaired) electrons. The number of fused-ring (bicyclic) bond motifs is 1. The van der Waals surface area contributed by atoms with Crippen molar-refractivity contribution in [1.82, 2.24) is 4.90 Å². The number of hydrogen-bond donors (Lipinski definition) is 1. The molecule has 0 aromatic heterocycles. The van der Waals surface area contributed by atoms with Crippen molar-refractivity contribution < 1.29 is 23.8 Å². The van der Waals surface area contributed by atoms with Crippen LogP contribution in [0.5, 0.6) is 11.5 Å². The SMILES string of the molecule is CCc1ccc(NC(=O)N2CCc3cc(OC)c(OC)cc3[C@@H]2CC(=O)OC)cc1. The van der Waals surface area contributed by atoms with E-state index in [-0.39, 0.29) is 18.4 Å². The minimum atomic E-state index is -0.462. The molecular weight excluding hydrogens is 384 g/mol. The van der Waals surface area contributed by atoms with Gasteiger partial charge in [-0.25, -0.2) is 4.79 Å². The number of methoxy groups -OCH3 is 3. The average Bonchev–Trinajstić information content (AvgIpc) is 2.78. The molecule has 1 atom stereocenters. The zero-order valence-corrected chi connectivity index (χ0v) is 17.9. The lowest BCUT2D eigenvalue weighted by molar-refractivity contribution is -0.141. The Morgan fingerprint density at radius 2 is 1.73 bits per heavy atom. The summed E-state index contributed by atoms with van der Waals surface area (Å²) in [5.74, 6) is 0.804. The maximum atomic E-state index is 13.1. The predicted molar refractivity (Wildman–Crippen MR) is 114 cm³/mol. The second-order valence-electron chi connectivity index (χ2n) is 7.13. The molecule has 7 heteroatoms. The van der Waals surface area contributed by atoms with Gasteiger partial charge in [-0.1, -0.05) is 19.1 Å². The van der Waals surface area contributed by atoms with Gasteiger partial charge in [0.2, 0.25) is 0 Å². The molecule has 0 bridgehead atoms. The van der Waals surface area contributed by atoms with Crippen molar-refractivity contribution in [2.45, 2.75) is 32.2 Å². The van der Waals surface area contributed by atoms with Crippen LogP contribution in [0.25, 0.3) is 0 Å². The van der Waals surface area contributed by atoms with Gasteiger partial charge in [-0.2, -0.15) is 0 Å². The number of ether oxygens (including phenoxy) is 3. The molecule has 0 fully saturated rings. The van der Waals surface area contributed by atoms with E-state index in [9.17, 15) is 9.59 Å². The van der Waals surface area contributed by atoms with Crippen LogP contribution in [-0.2, 0) is 22.4 Å². The Morgan fingerprint density at radius 3 is 2.33 bits per heavy atom. The van der Waals surface area contributed by atoms with E-state index in [0.29, 0.717) is 30.2 Å². The first-order valence-corrected chi connectivity index (χ1v) is 9.98. The fourth-order valence-electron chi connectivity index (χ4n) is 3.75. The van der Waals surface area contributed by atoms with Crippen LogP contribution in [0.4, 0.5) is 10.5 Å². The number of carbonyl (C=O) groups is 2. The van der Waals surface area contributed by atoms with E-state index in [1.54, 1.807) is 19.1 Å². The van der Waals surface area contributed by atoms with Crippen LogP contribution < -0.4 is 14.8 Å². The summed E-state index contributed by atoms with van der Waals surface area (Å²) in [4.78, 5) is 26.9. The molecule has 0 spiro atoms. The molecule has 0 unspecified atom stereocenters. The van der Waals surface area contributed by atoms with Crippen LogP contribution >= 0.6 is 0 Å². The van der Waals surface area contributed by atoms with Crippen molar-refractivity contribution in [1.29, 1.82) is 0 Å². The first-order chi connectivity index (χ1) is 14.5. The molecule has 1 N–H and O–H groups in total. The van der Waals surface area contributed by atoms with Gasteiger partial charge >= 0.3 is 12.0 Å². The number of urea groups is 1. The zero-order chi connectivity index (χ0) is 21.7. The lowest BCUT2D eigenvalue weighted by atomic mass is 9.90. The first-order valence-electron chi connectivity index (χ1n) is 9.98. The first kappa shape index (κ1) is 21.5. The highest BCUT2D eigenvalue weighted by Crippen LogP contribution is 2.39. The molecule has 160 valence electrons. The maximum absolute atomic E-state index is 13.1. The Kier molecular flexibility index (Phi) is 6.82. The smallest absolute Gasteiger partial charge is 0.322 e. The molecule has 2 aromatic carbocycles. The van der Waals surface area contributed by atoms with Crippen molar-refractivity contribution in [3.05, 3.63) is 53.1 Å². The number of benzene rings is 2. The largest absolute Gasteiger partial charge is 0.493 e. The van der Waals surface area contributed by atoms with E-state index in [2.05, 4.69) is 12.2 Å². The topological polar surface area (TPSA) is 77.1 Å². The van der Waals surface area contributed by atoms with Crippen molar-refractivity contribution in [2.75, 3.05) is 33.2 Å². The number of aryl methyl sites for hydroxylation is 1. The average molecular weight is 412 g/mol. The fraction of sp³-hybridized carbons (Fsp3) is 0.391. The molecular formula is C23H28N2O5. The summed E-state index contributed by atoms with van der Waals surface area (Å²) in [6.07, 6.45) is 1.64. The van der Waals surface area contributed by atoms with Crippen LogP contribution in [0.1, 0.15) is 36.1 Å². The van der Waals surface area contributed by atoms with E-state index in [4.69, 9.17) is 14.2 Å². The summed E-state index contributed by atoms with van der Waals surface area (Å²) in [6, 6.07) is 10.8. The summed E-state index contributed by atoms with van der Waals surface area (Å²) in [7, 11) is 4.50. The molecule has 0 saturated carbocycles. The maximum Gasteiger partial charge on any atom is 0.322 e. The quantitative estimate of drug-likeness (QED) is 0.727. The summed E-state index contributed by atoms with van der Waals surface area (Å²) in [5.41, 5.74) is 3.80. The third-order valence-electron chi connectivity index (χ3n) is 5.46. The van der Waals surface area contributed by atoms with Gasteiger partial charge in [-0.15, -0.1) is 0 Å². The van der Waals surface area contributed by atoms with Gasteiger partial charge in [0.15, 0.2) is 11.5 Å². The molecule has 7 nitrogen and oxygen atoms in total. The van der Waals surface area contributed by atoms with E-state index >= 15 is 0 Å². The second kappa shape index (κ2) is 9.52. The standard InChI is InChI=1S/C23H28N2O5/c1-5-15-6-8-17(9-7-15)24-23(27)25-11-10-16-12-20(28-2)21(29-3)13-18(16)19(25)14-22(26)30-4/h6-9,12-13,19H,5,10-11,14H2,1-4H3,(H,24,27)/t19-/m0/s1.